The van der Waals surface area contributed by atoms with Crippen LogP contribution in [-0.4, -0.2) is 19.1 Å². The second kappa shape index (κ2) is 5.48. The average Bonchev–Trinajstić information content (AvgIpc) is 2.29. The number of fused-ring (bicyclic) bond motifs is 1. The standard InChI is InChI=1S/C11H13BrN2O3/c12-7-1-2-10-8(5-7)9(3-4-16-10)14-17-6-11(13)15/h1-2,5,9,14H,3-4,6H2,(H2,13,15). The van der Waals surface area contributed by atoms with Gasteiger partial charge in [0.2, 0.25) is 5.91 Å². The van der Waals surface area contributed by atoms with Crippen LogP contribution in [0.5, 0.6) is 5.75 Å². The van der Waals surface area contributed by atoms with Gasteiger partial charge in [-0.2, -0.15) is 5.48 Å². The van der Waals surface area contributed by atoms with Crippen LogP contribution in [0.25, 0.3) is 0 Å². The van der Waals surface area contributed by atoms with E-state index >= 15 is 0 Å². The van der Waals surface area contributed by atoms with Crippen molar-refractivity contribution in [3.05, 3.63) is 28.2 Å². The SMILES string of the molecule is NC(=O)CONC1CCOc2ccc(Br)cc21. The maximum absolute atomic E-state index is 10.6. The fourth-order valence-electron chi connectivity index (χ4n) is 1.70. The zero-order valence-electron chi connectivity index (χ0n) is 9.11. The number of rotatable bonds is 4. The lowest BCUT2D eigenvalue weighted by Gasteiger charge is -2.26. The topological polar surface area (TPSA) is 73.6 Å². The Bertz CT molecular complexity index is 425. The largest absolute Gasteiger partial charge is 0.493 e. The summed E-state index contributed by atoms with van der Waals surface area (Å²) in [6.07, 6.45) is 0.780. The van der Waals surface area contributed by atoms with Crippen LogP contribution in [0.1, 0.15) is 18.0 Å². The van der Waals surface area contributed by atoms with Gasteiger partial charge in [-0.3, -0.25) is 9.63 Å². The molecule has 2 rings (SSSR count). The molecule has 3 N–H and O–H groups in total. The van der Waals surface area contributed by atoms with Gasteiger partial charge in [0.1, 0.15) is 12.4 Å². The van der Waals surface area contributed by atoms with E-state index in [0.717, 1.165) is 22.2 Å². The van der Waals surface area contributed by atoms with E-state index in [-0.39, 0.29) is 12.6 Å². The summed E-state index contributed by atoms with van der Waals surface area (Å²) in [6.45, 7) is 0.479. The smallest absolute Gasteiger partial charge is 0.245 e. The highest BCUT2D eigenvalue weighted by Crippen LogP contribution is 2.33. The highest BCUT2D eigenvalue weighted by atomic mass is 79.9. The van der Waals surface area contributed by atoms with Crippen molar-refractivity contribution < 1.29 is 14.4 Å². The molecule has 1 heterocycles. The Balaban J connectivity index is 2.05. The van der Waals surface area contributed by atoms with E-state index in [4.69, 9.17) is 15.3 Å². The second-order valence-corrected chi connectivity index (χ2v) is 4.66. The number of hydrogen-bond acceptors (Lipinski definition) is 4. The number of primary amides is 1. The maximum Gasteiger partial charge on any atom is 0.245 e. The van der Waals surface area contributed by atoms with Crippen LogP contribution in [-0.2, 0) is 9.63 Å². The lowest BCUT2D eigenvalue weighted by Crippen LogP contribution is -2.30. The van der Waals surface area contributed by atoms with Gasteiger partial charge < -0.3 is 10.5 Å². The third-order valence-corrected chi connectivity index (χ3v) is 2.94. The molecule has 5 nitrogen and oxygen atoms in total. The van der Waals surface area contributed by atoms with Crippen molar-refractivity contribution >= 4 is 21.8 Å². The van der Waals surface area contributed by atoms with Crippen molar-refractivity contribution in [2.75, 3.05) is 13.2 Å². The van der Waals surface area contributed by atoms with Gasteiger partial charge in [-0.1, -0.05) is 15.9 Å². The molecule has 17 heavy (non-hydrogen) atoms. The molecule has 1 unspecified atom stereocenters. The molecule has 0 fully saturated rings. The molecule has 0 aliphatic carbocycles. The first-order valence-corrected chi connectivity index (χ1v) is 6.04. The fraction of sp³-hybridized carbons (Fsp3) is 0.364. The summed E-state index contributed by atoms with van der Waals surface area (Å²) in [6, 6.07) is 5.81. The lowest BCUT2D eigenvalue weighted by atomic mass is 10.0. The number of nitrogens with two attached hydrogens (primary N) is 1. The zero-order valence-corrected chi connectivity index (χ0v) is 10.7. The van der Waals surface area contributed by atoms with Gasteiger partial charge >= 0.3 is 0 Å². The van der Waals surface area contributed by atoms with Crippen molar-refractivity contribution in [3.8, 4) is 5.75 Å². The third kappa shape index (κ3) is 3.18. The summed E-state index contributed by atoms with van der Waals surface area (Å²) in [5.41, 5.74) is 8.83. The number of hydroxylamine groups is 1. The number of carbonyl (C=O) groups is 1. The van der Waals surface area contributed by atoms with Gasteiger partial charge in [0.15, 0.2) is 0 Å². The van der Waals surface area contributed by atoms with Gasteiger partial charge in [-0.05, 0) is 18.2 Å². The molecule has 1 aromatic carbocycles. The van der Waals surface area contributed by atoms with Crippen LogP contribution in [0.4, 0.5) is 0 Å². The summed E-state index contributed by atoms with van der Waals surface area (Å²) in [5.74, 6) is 0.332. The van der Waals surface area contributed by atoms with Gasteiger partial charge in [0.05, 0.1) is 12.6 Å². The molecule has 1 aliphatic rings. The van der Waals surface area contributed by atoms with Crippen LogP contribution in [0, 0.1) is 0 Å². The number of benzene rings is 1. The molecule has 1 aromatic rings. The van der Waals surface area contributed by atoms with Crippen molar-refractivity contribution in [2.24, 2.45) is 5.73 Å². The summed E-state index contributed by atoms with van der Waals surface area (Å²) in [5, 5.41) is 0. The molecule has 1 atom stereocenters. The molecule has 0 aromatic heterocycles. The number of carbonyl (C=O) groups excluding carboxylic acids is 1. The average molecular weight is 301 g/mol. The highest BCUT2D eigenvalue weighted by Gasteiger charge is 2.21. The van der Waals surface area contributed by atoms with Crippen molar-refractivity contribution in [1.29, 1.82) is 0 Å². The van der Waals surface area contributed by atoms with Crippen LogP contribution < -0.4 is 16.0 Å². The molecule has 0 saturated heterocycles. The van der Waals surface area contributed by atoms with E-state index in [1.165, 1.54) is 0 Å². The van der Waals surface area contributed by atoms with E-state index in [0.29, 0.717) is 6.61 Å². The predicted molar refractivity (Wildman–Crippen MR) is 65.3 cm³/mol. The molecule has 0 spiro atoms. The van der Waals surface area contributed by atoms with E-state index in [2.05, 4.69) is 21.4 Å². The van der Waals surface area contributed by atoms with E-state index < -0.39 is 5.91 Å². The van der Waals surface area contributed by atoms with Crippen LogP contribution in [0.2, 0.25) is 0 Å². The summed E-state index contributed by atoms with van der Waals surface area (Å²) in [7, 11) is 0. The van der Waals surface area contributed by atoms with Gasteiger partial charge in [-0.15, -0.1) is 0 Å². The zero-order chi connectivity index (χ0) is 12.3. The molecule has 0 bridgehead atoms. The summed E-state index contributed by atoms with van der Waals surface area (Å²) >= 11 is 3.41. The number of amides is 1. The lowest BCUT2D eigenvalue weighted by molar-refractivity contribution is -0.126. The summed E-state index contributed by atoms with van der Waals surface area (Å²) < 4.78 is 6.50. The maximum atomic E-state index is 10.6. The Labute approximate surface area is 107 Å². The van der Waals surface area contributed by atoms with Crippen molar-refractivity contribution in [1.82, 2.24) is 5.48 Å². The molecule has 0 radical (unpaired) electrons. The number of hydrogen-bond donors (Lipinski definition) is 2. The third-order valence-electron chi connectivity index (χ3n) is 2.45. The molecule has 1 aliphatic heterocycles. The summed E-state index contributed by atoms with van der Waals surface area (Å²) in [4.78, 5) is 15.6. The van der Waals surface area contributed by atoms with E-state index in [1.54, 1.807) is 0 Å². The molecular weight excluding hydrogens is 288 g/mol. The van der Waals surface area contributed by atoms with Crippen LogP contribution in [0.3, 0.4) is 0 Å². The second-order valence-electron chi connectivity index (χ2n) is 3.74. The Kier molecular flexibility index (Phi) is 3.98. The quantitative estimate of drug-likeness (QED) is 0.822. The van der Waals surface area contributed by atoms with Crippen molar-refractivity contribution in [3.63, 3.8) is 0 Å². The Hall–Kier alpha value is -1.11. The number of nitrogens with one attached hydrogen (secondary N) is 1. The predicted octanol–water partition coefficient (Wildman–Crippen LogP) is 1.28. The molecule has 6 heteroatoms. The van der Waals surface area contributed by atoms with Gasteiger partial charge in [0.25, 0.3) is 0 Å². The van der Waals surface area contributed by atoms with E-state index in [9.17, 15) is 4.79 Å². The minimum Gasteiger partial charge on any atom is -0.493 e. The number of halogens is 1. The first-order chi connectivity index (χ1) is 8.16. The minimum atomic E-state index is -0.501. The van der Waals surface area contributed by atoms with E-state index in [1.807, 2.05) is 18.2 Å². The molecule has 92 valence electrons. The first-order valence-electron chi connectivity index (χ1n) is 5.24. The van der Waals surface area contributed by atoms with Gasteiger partial charge in [0, 0.05) is 16.5 Å². The Morgan fingerprint density at radius 3 is 3.24 bits per heavy atom. The first kappa shape index (κ1) is 12.3. The Morgan fingerprint density at radius 1 is 1.65 bits per heavy atom. The Morgan fingerprint density at radius 2 is 2.47 bits per heavy atom. The molecular formula is C11H13BrN2O3. The number of ether oxygens (including phenoxy) is 1. The fourth-order valence-corrected chi connectivity index (χ4v) is 2.08. The normalized spacial score (nSPS) is 18.3. The van der Waals surface area contributed by atoms with Crippen LogP contribution in [0.15, 0.2) is 22.7 Å². The molecule has 1 amide bonds. The highest BCUT2D eigenvalue weighted by molar-refractivity contribution is 9.10. The van der Waals surface area contributed by atoms with Crippen molar-refractivity contribution in [2.45, 2.75) is 12.5 Å². The molecule has 0 saturated carbocycles. The minimum absolute atomic E-state index is 0.00981. The monoisotopic (exact) mass is 300 g/mol. The van der Waals surface area contributed by atoms with Gasteiger partial charge in [-0.25, -0.2) is 0 Å². The van der Waals surface area contributed by atoms with Crippen LogP contribution >= 0.6 is 15.9 Å².